The first kappa shape index (κ1) is 16.5. The van der Waals surface area contributed by atoms with Gasteiger partial charge < -0.3 is 19.9 Å². The van der Waals surface area contributed by atoms with Gasteiger partial charge in [0.1, 0.15) is 5.69 Å². The van der Waals surface area contributed by atoms with Crippen molar-refractivity contribution < 1.29 is 9.53 Å². The first-order valence-corrected chi connectivity index (χ1v) is 7.87. The van der Waals surface area contributed by atoms with Crippen molar-refractivity contribution in [1.82, 2.24) is 14.8 Å². The third-order valence-corrected chi connectivity index (χ3v) is 3.95. The van der Waals surface area contributed by atoms with E-state index in [4.69, 9.17) is 4.74 Å². The number of carbonyl (C=O) groups excluding carboxylic acids is 1. The maximum Gasteiger partial charge on any atom is 0.322 e. The van der Waals surface area contributed by atoms with Crippen molar-refractivity contribution >= 4 is 11.7 Å². The molecular weight excluding hydrogens is 280 g/mol. The Morgan fingerprint density at radius 2 is 2.41 bits per heavy atom. The Kier molecular flexibility index (Phi) is 6.00. The van der Waals surface area contributed by atoms with Gasteiger partial charge in [-0.2, -0.15) is 0 Å². The third kappa shape index (κ3) is 4.34. The number of anilines is 1. The lowest BCUT2D eigenvalue weighted by molar-refractivity contribution is 0.217. The summed E-state index contributed by atoms with van der Waals surface area (Å²) in [4.78, 5) is 20.7. The quantitative estimate of drug-likeness (QED) is 0.876. The largest absolute Gasteiger partial charge is 0.480 e. The second-order valence-corrected chi connectivity index (χ2v) is 5.85. The van der Waals surface area contributed by atoms with Gasteiger partial charge in [-0.05, 0) is 44.5 Å². The van der Waals surface area contributed by atoms with Crippen molar-refractivity contribution in [3.05, 3.63) is 18.3 Å². The molecule has 0 saturated carbocycles. The predicted molar refractivity (Wildman–Crippen MR) is 87.3 cm³/mol. The third-order valence-electron chi connectivity index (χ3n) is 3.95. The lowest BCUT2D eigenvalue weighted by atomic mass is 10.1. The monoisotopic (exact) mass is 306 g/mol. The maximum atomic E-state index is 12.4. The van der Waals surface area contributed by atoms with Gasteiger partial charge in [-0.15, -0.1) is 0 Å². The molecule has 1 saturated heterocycles. The SMILES string of the molecule is CCCN(C)C[C@H]1CCN(C(=O)Nc2cccnc2OC)C1. The summed E-state index contributed by atoms with van der Waals surface area (Å²) in [5, 5.41) is 2.89. The highest BCUT2D eigenvalue weighted by Crippen LogP contribution is 2.22. The topological polar surface area (TPSA) is 57.7 Å². The zero-order valence-corrected chi connectivity index (χ0v) is 13.7. The molecule has 1 aliphatic heterocycles. The van der Waals surface area contributed by atoms with Crippen molar-refractivity contribution in [2.24, 2.45) is 5.92 Å². The molecule has 1 atom stereocenters. The van der Waals surface area contributed by atoms with E-state index in [2.05, 4.69) is 29.2 Å². The van der Waals surface area contributed by atoms with E-state index in [1.165, 1.54) is 0 Å². The fourth-order valence-corrected chi connectivity index (χ4v) is 2.92. The number of aromatic nitrogens is 1. The van der Waals surface area contributed by atoms with Crippen molar-refractivity contribution in [3.8, 4) is 5.88 Å². The van der Waals surface area contributed by atoms with Gasteiger partial charge in [0, 0.05) is 25.8 Å². The highest BCUT2D eigenvalue weighted by Gasteiger charge is 2.27. The minimum absolute atomic E-state index is 0.0769. The Morgan fingerprint density at radius 1 is 1.59 bits per heavy atom. The van der Waals surface area contributed by atoms with Gasteiger partial charge in [-0.3, -0.25) is 0 Å². The van der Waals surface area contributed by atoms with Gasteiger partial charge in [0.15, 0.2) is 0 Å². The van der Waals surface area contributed by atoms with E-state index >= 15 is 0 Å². The summed E-state index contributed by atoms with van der Waals surface area (Å²) >= 11 is 0. The Balaban J connectivity index is 1.86. The average Bonchev–Trinajstić information content (AvgIpc) is 2.96. The first-order valence-electron chi connectivity index (χ1n) is 7.87. The highest BCUT2D eigenvalue weighted by molar-refractivity contribution is 5.90. The molecule has 6 heteroatoms. The van der Waals surface area contributed by atoms with Gasteiger partial charge in [0.05, 0.1) is 7.11 Å². The normalized spacial score (nSPS) is 17.8. The predicted octanol–water partition coefficient (Wildman–Crippen LogP) is 2.29. The number of ether oxygens (including phenoxy) is 1. The van der Waals surface area contributed by atoms with Gasteiger partial charge in [0.25, 0.3) is 0 Å². The van der Waals surface area contributed by atoms with Crippen LogP contribution in [-0.2, 0) is 0 Å². The molecule has 1 aromatic rings. The number of methoxy groups -OCH3 is 1. The minimum Gasteiger partial charge on any atom is -0.480 e. The molecule has 1 aliphatic rings. The molecule has 0 aliphatic carbocycles. The number of hydrogen-bond donors (Lipinski definition) is 1. The lowest BCUT2D eigenvalue weighted by Crippen LogP contribution is -2.34. The van der Waals surface area contributed by atoms with Crippen molar-refractivity contribution in [2.45, 2.75) is 19.8 Å². The summed E-state index contributed by atoms with van der Waals surface area (Å²) in [6.07, 6.45) is 3.86. The molecule has 0 aromatic carbocycles. The number of likely N-dealkylation sites (tertiary alicyclic amines) is 1. The Labute approximate surface area is 132 Å². The molecule has 1 aromatic heterocycles. The summed E-state index contributed by atoms with van der Waals surface area (Å²) < 4.78 is 5.16. The molecule has 0 radical (unpaired) electrons. The molecule has 1 N–H and O–H groups in total. The van der Waals surface area contributed by atoms with E-state index in [0.717, 1.165) is 39.0 Å². The number of urea groups is 1. The van der Waals surface area contributed by atoms with Crippen LogP contribution in [0.2, 0.25) is 0 Å². The van der Waals surface area contributed by atoms with Crippen LogP contribution >= 0.6 is 0 Å². The molecule has 2 heterocycles. The lowest BCUT2D eigenvalue weighted by Gasteiger charge is -2.21. The summed E-state index contributed by atoms with van der Waals surface area (Å²) in [7, 11) is 3.69. The van der Waals surface area contributed by atoms with Gasteiger partial charge in [-0.25, -0.2) is 9.78 Å². The highest BCUT2D eigenvalue weighted by atomic mass is 16.5. The van der Waals surface area contributed by atoms with Crippen LogP contribution in [0.25, 0.3) is 0 Å². The van der Waals surface area contributed by atoms with Crippen LogP contribution in [0.4, 0.5) is 10.5 Å². The average molecular weight is 306 g/mol. The van der Waals surface area contributed by atoms with Crippen LogP contribution in [0.3, 0.4) is 0 Å². The van der Waals surface area contributed by atoms with E-state index < -0.39 is 0 Å². The molecule has 0 unspecified atom stereocenters. The zero-order valence-electron chi connectivity index (χ0n) is 13.7. The Bertz CT molecular complexity index is 495. The van der Waals surface area contributed by atoms with E-state index in [9.17, 15) is 4.79 Å². The molecule has 6 nitrogen and oxygen atoms in total. The number of amides is 2. The summed E-state index contributed by atoms with van der Waals surface area (Å²) in [5.74, 6) is 0.993. The molecule has 2 rings (SSSR count). The van der Waals surface area contributed by atoms with Gasteiger partial charge in [-0.1, -0.05) is 6.92 Å². The fourth-order valence-electron chi connectivity index (χ4n) is 2.92. The van der Waals surface area contributed by atoms with Crippen molar-refractivity contribution in [2.75, 3.05) is 45.7 Å². The number of pyridine rings is 1. The summed E-state index contributed by atoms with van der Waals surface area (Å²) in [5.41, 5.74) is 0.613. The van der Waals surface area contributed by atoms with Gasteiger partial charge in [0.2, 0.25) is 5.88 Å². The fraction of sp³-hybridized carbons (Fsp3) is 0.625. The number of carbonyl (C=O) groups is 1. The van der Waals surface area contributed by atoms with Crippen LogP contribution in [-0.4, -0.2) is 61.2 Å². The second kappa shape index (κ2) is 7.98. The van der Waals surface area contributed by atoms with Crippen LogP contribution in [0.15, 0.2) is 18.3 Å². The molecular formula is C16H26N4O2. The Hall–Kier alpha value is -1.82. The molecule has 1 fully saturated rings. The molecule has 0 spiro atoms. The van der Waals surface area contributed by atoms with E-state index in [1.54, 1.807) is 25.4 Å². The molecule has 0 bridgehead atoms. The number of rotatable bonds is 6. The second-order valence-electron chi connectivity index (χ2n) is 5.85. The molecule has 2 amide bonds. The Morgan fingerprint density at radius 3 is 3.14 bits per heavy atom. The number of nitrogens with zero attached hydrogens (tertiary/aromatic N) is 3. The van der Waals surface area contributed by atoms with E-state index in [-0.39, 0.29) is 6.03 Å². The van der Waals surface area contributed by atoms with Crippen LogP contribution in [0, 0.1) is 5.92 Å². The number of hydrogen-bond acceptors (Lipinski definition) is 4. The molecule has 122 valence electrons. The summed E-state index contributed by atoms with van der Waals surface area (Å²) in [6.45, 7) is 5.96. The van der Waals surface area contributed by atoms with Crippen LogP contribution in [0.1, 0.15) is 19.8 Å². The van der Waals surface area contributed by atoms with E-state index in [1.807, 2.05) is 4.90 Å². The first-order chi connectivity index (χ1) is 10.6. The van der Waals surface area contributed by atoms with Crippen LogP contribution in [0.5, 0.6) is 5.88 Å². The number of nitrogens with one attached hydrogen (secondary N) is 1. The standard InChI is InChI=1S/C16H26N4O2/c1-4-9-19(2)11-13-7-10-20(12-13)16(21)18-14-6-5-8-17-15(14)22-3/h5-6,8,13H,4,7,9-12H2,1-3H3,(H,18,21)/t13-/m1/s1. The summed E-state index contributed by atoms with van der Waals surface area (Å²) in [6, 6.07) is 3.50. The van der Waals surface area contributed by atoms with Crippen molar-refractivity contribution in [3.63, 3.8) is 0 Å². The van der Waals surface area contributed by atoms with E-state index in [0.29, 0.717) is 17.5 Å². The smallest absolute Gasteiger partial charge is 0.322 e. The minimum atomic E-state index is -0.0769. The van der Waals surface area contributed by atoms with Crippen LogP contribution < -0.4 is 10.1 Å². The zero-order chi connectivity index (χ0) is 15.9. The van der Waals surface area contributed by atoms with Gasteiger partial charge >= 0.3 is 6.03 Å². The maximum absolute atomic E-state index is 12.4. The molecule has 22 heavy (non-hydrogen) atoms. The van der Waals surface area contributed by atoms with Crippen molar-refractivity contribution in [1.29, 1.82) is 0 Å².